The Hall–Kier alpha value is -0.690. The van der Waals surface area contributed by atoms with Gasteiger partial charge in [-0.3, -0.25) is 0 Å². The molecule has 0 bridgehead atoms. The third-order valence-corrected chi connectivity index (χ3v) is 2.28. The Bertz CT molecular complexity index is 240. The van der Waals surface area contributed by atoms with E-state index in [2.05, 4.69) is 37.8 Å². The van der Waals surface area contributed by atoms with Crippen LogP contribution in [0, 0.1) is 0 Å². The van der Waals surface area contributed by atoms with Gasteiger partial charge >= 0.3 is 0 Å². The van der Waals surface area contributed by atoms with Gasteiger partial charge in [-0.1, -0.05) is 31.7 Å². The molecule has 0 saturated carbocycles. The summed E-state index contributed by atoms with van der Waals surface area (Å²) in [6, 6.07) is 8.41. The van der Waals surface area contributed by atoms with Gasteiger partial charge in [0.05, 0.1) is 0 Å². The molecule has 1 aromatic carbocycles. The van der Waals surface area contributed by atoms with Crippen LogP contribution in [0.15, 0.2) is 35.7 Å². The van der Waals surface area contributed by atoms with Gasteiger partial charge in [-0.2, -0.15) is 0 Å². The van der Waals surface area contributed by atoms with Gasteiger partial charge in [0.2, 0.25) is 0 Å². The predicted octanol–water partition coefficient (Wildman–Crippen LogP) is 3.44. The molecule has 0 unspecified atom stereocenters. The second kappa shape index (κ2) is 4.24. The second-order valence-electron chi connectivity index (χ2n) is 2.21. The molecule has 0 heterocycles. The van der Waals surface area contributed by atoms with Gasteiger partial charge in [-0.25, -0.2) is 0 Å². The summed E-state index contributed by atoms with van der Waals surface area (Å²) in [6.07, 6.45) is 1.87. The van der Waals surface area contributed by atoms with Crippen molar-refractivity contribution in [1.29, 1.82) is 0 Å². The van der Waals surface area contributed by atoms with Crippen molar-refractivity contribution in [1.82, 2.24) is 0 Å². The highest BCUT2D eigenvalue weighted by Gasteiger charge is 1.90. The molecule has 0 aliphatic rings. The minimum absolute atomic E-state index is 1.13. The zero-order valence-electron chi connectivity index (χ0n) is 6.71. The van der Waals surface area contributed by atoms with Crippen molar-refractivity contribution < 1.29 is 0 Å². The molecular weight excluding hydrogens is 152 g/mol. The lowest BCUT2D eigenvalue weighted by atomic mass is 10.2. The molecule has 0 fully saturated rings. The molecule has 0 amide bonds. The topological polar surface area (TPSA) is 0 Å². The minimum atomic E-state index is 1.13. The lowest BCUT2D eigenvalue weighted by Crippen LogP contribution is -1.74. The van der Waals surface area contributed by atoms with E-state index < -0.39 is 0 Å². The van der Waals surface area contributed by atoms with E-state index in [-0.39, 0.29) is 0 Å². The number of hydrogen-bond acceptors (Lipinski definition) is 1. The highest BCUT2D eigenvalue weighted by Crippen LogP contribution is 2.18. The van der Waals surface area contributed by atoms with Crippen molar-refractivity contribution in [2.24, 2.45) is 0 Å². The fraction of sp³-hybridized carbons (Fsp3) is 0.200. The maximum Gasteiger partial charge on any atom is 0.00777 e. The maximum atomic E-state index is 3.72. The van der Waals surface area contributed by atoms with Gasteiger partial charge in [0, 0.05) is 4.90 Å². The quantitative estimate of drug-likeness (QED) is 0.617. The molecule has 1 aromatic rings. The first-order chi connectivity index (χ1) is 5.36. The monoisotopic (exact) mass is 164 g/mol. The summed E-state index contributed by atoms with van der Waals surface area (Å²) in [5, 5.41) is 0. The number of benzene rings is 1. The van der Waals surface area contributed by atoms with Gasteiger partial charge in [0.25, 0.3) is 0 Å². The smallest absolute Gasteiger partial charge is 0.00777 e. The molecule has 0 spiro atoms. The summed E-state index contributed by atoms with van der Waals surface area (Å²) in [4.78, 5) is 1.32. The van der Waals surface area contributed by atoms with Crippen LogP contribution < -0.4 is 0 Å². The van der Waals surface area contributed by atoms with Crippen LogP contribution in [0.3, 0.4) is 0 Å². The zero-order valence-corrected chi connectivity index (χ0v) is 7.53. The number of hydrogen-bond donors (Lipinski definition) is 0. The molecule has 1 rings (SSSR count). The van der Waals surface area contributed by atoms with E-state index in [4.69, 9.17) is 0 Å². The van der Waals surface area contributed by atoms with E-state index in [0.717, 1.165) is 5.75 Å². The van der Waals surface area contributed by atoms with Crippen molar-refractivity contribution in [2.75, 3.05) is 5.75 Å². The van der Waals surface area contributed by atoms with Crippen molar-refractivity contribution >= 4 is 17.8 Å². The molecule has 0 aliphatic carbocycles. The fourth-order valence-corrected chi connectivity index (χ4v) is 1.63. The Kier molecular flexibility index (Phi) is 3.24. The SMILES string of the molecule is C=Cc1cccc(SCC)c1. The molecule has 0 saturated heterocycles. The lowest BCUT2D eigenvalue weighted by Gasteiger charge is -1.98. The van der Waals surface area contributed by atoms with Gasteiger partial charge in [-0.05, 0) is 23.4 Å². The van der Waals surface area contributed by atoms with Crippen molar-refractivity contribution in [2.45, 2.75) is 11.8 Å². The average Bonchev–Trinajstić information content (AvgIpc) is 2.06. The number of thioether (sulfide) groups is 1. The molecule has 0 N–H and O–H groups in total. The van der Waals surface area contributed by atoms with Crippen LogP contribution in [0.1, 0.15) is 12.5 Å². The highest BCUT2D eigenvalue weighted by molar-refractivity contribution is 7.99. The third kappa shape index (κ3) is 2.43. The van der Waals surface area contributed by atoms with Crippen LogP contribution in [-0.2, 0) is 0 Å². The Morgan fingerprint density at radius 2 is 2.36 bits per heavy atom. The molecule has 0 atom stereocenters. The first kappa shape index (κ1) is 8.41. The van der Waals surface area contributed by atoms with Crippen molar-refractivity contribution in [3.8, 4) is 0 Å². The van der Waals surface area contributed by atoms with Crippen LogP contribution in [0.2, 0.25) is 0 Å². The van der Waals surface area contributed by atoms with E-state index in [0.29, 0.717) is 0 Å². The van der Waals surface area contributed by atoms with Gasteiger partial charge in [-0.15, -0.1) is 11.8 Å². The number of rotatable bonds is 3. The lowest BCUT2D eigenvalue weighted by molar-refractivity contribution is 1.42. The summed E-state index contributed by atoms with van der Waals surface area (Å²) in [7, 11) is 0. The Morgan fingerprint density at radius 3 is 3.00 bits per heavy atom. The van der Waals surface area contributed by atoms with E-state index in [1.165, 1.54) is 10.5 Å². The Morgan fingerprint density at radius 1 is 1.55 bits per heavy atom. The summed E-state index contributed by atoms with van der Waals surface area (Å²) < 4.78 is 0. The molecule has 0 nitrogen and oxygen atoms in total. The van der Waals surface area contributed by atoms with Crippen molar-refractivity contribution in [3.63, 3.8) is 0 Å². The molecule has 0 aromatic heterocycles. The van der Waals surface area contributed by atoms with Crippen molar-refractivity contribution in [3.05, 3.63) is 36.4 Å². The maximum absolute atomic E-state index is 3.72. The Labute approximate surface area is 72.3 Å². The van der Waals surface area contributed by atoms with E-state index >= 15 is 0 Å². The van der Waals surface area contributed by atoms with Crippen LogP contribution in [0.4, 0.5) is 0 Å². The zero-order chi connectivity index (χ0) is 8.10. The average molecular weight is 164 g/mol. The normalized spacial score (nSPS) is 9.55. The summed E-state index contributed by atoms with van der Waals surface area (Å²) in [5.74, 6) is 1.13. The van der Waals surface area contributed by atoms with E-state index in [1.807, 2.05) is 17.8 Å². The molecule has 0 radical (unpaired) electrons. The Balaban J connectivity index is 2.82. The van der Waals surface area contributed by atoms with Gasteiger partial charge in [0.1, 0.15) is 0 Å². The molecule has 58 valence electrons. The molecular formula is C10H12S. The summed E-state index contributed by atoms with van der Waals surface area (Å²) in [5.41, 5.74) is 1.20. The highest BCUT2D eigenvalue weighted by atomic mass is 32.2. The fourth-order valence-electron chi connectivity index (χ4n) is 0.898. The largest absolute Gasteiger partial charge is 0.126 e. The predicted molar refractivity (Wildman–Crippen MR) is 52.9 cm³/mol. The van der Waals surface area contributed by atoms with Crippen LogP contribution in [0.5, 0.6) is 0 Å². The third-order valence-electron chi connectivity index (χ3n) is 1.40. The molecule has 0 aliphatic heterocycles. The van der Waals surface area contributed by atoms with Crippen LogP contribution >= 0.6 is 11.8 Å². The van der Waals surface area contributed by atoms with Crippen LogP contribution in [0.25, 0.3) is 6.08 Å². The van der Waals surface area contributed by atoms with E-state index in [1.54, 1.807) is 0 Å². The second-order valence-corrected chi connectivity index (χ2v) is 3.55. The summed E-state index contributed by atoms with van der Waals surface area (Å²) >= 11 is 1.86. The van der Waals surface area contributed by atoms with Gasteiger partial charge in [0.15, 0.2) is 0 Å². The molecule has 11 heavy (non-hydrogen) atoms. The first-order valence-electron chi connectivity index (χ1n) is 3.72. The van der Waals surface area contributed by atoms with Crippen LogP contribution in [-0.4, -0.2) is 5.75 Å². The minimum Gasteiger partial charge on any atom is -0.126 e. The first-order valence-corrected chi connectivity index (χ1v) is 4.70. The van der Waals surface area contributed by atoms with Gasteiger partial charge < -0.3 is 0 Å². The molecule has 1 heteroatoms. The standard InChI is InChI=1S/C10H12S/c1-3-9-6-5-7-10(8-9)11-4-2/h3,5-8H,1,4H2,2H3. The van der Waals surface area contributed by atoms with E-state index in [9.17, 15) is 0 Å². The summed E-state index contributed by atoms with van der Waals surface area (Å²) in [6.45, 7) is 5.88.